The molecule has 3 N–H and O–H groups in total. The van der Waals surface area contributed by atoms with Crippen LogP contribution in [0.3, 0.4) is 0 Å². The van der Waals surface area contributed by atoms with Gasteiger partial charge in [-0.2, -0.15) is 0 Å². The second-order valence-electron chi connectivity index (χ2n) is 7.42. The van der Waals surface area contributed by atoms with E-state index in [0.29, 0.717) is 12.3 Å². The van der Waals surface area contributed by atoms with E-state index in [9.17, 15) is 9.90 Å². The maximum absolute atomic E-state index is 12.4. The van der Waals surface area contributed by atoms with Gasteiger partial charge < -0.3 is 20.3 Å². The molecule has 1 aliphatic carbocycles. The van der Waals surface area contributed by atoms with Crippen LogP contribution >= 0.6 is 0 Å². The molecule has 1 saturated carbocycles. The molecule has 1 aliphatic rings. The van der Waals surface area contributed by atoms with Gasteiger partial charge >= 0.3 is 6.03 Å². The molecule has 2 rings (SSSR count). The van der Waals surface area contributed by atoms with Gasteiger partial charge in [0.1, 0.15) is 5.76 Å². The van der Waals surface area contributed by atoms with E-state index in [1.807, 2.05) is 27.7 Å². The molecule has 0 aromatic carbocycles. The van der Waals surface area contributed by atoms with Crippen LogP contribution in [0.1, 0.15) is 63.0 Å². The van der Waals surface area contributed by atoms with Crippen LogP contribution in [0, 0.1) is 19.8 Å². The number of aliphatic hydroxyl groups is 1. The van der Waals surface area contributed by atoms with Gasteiger partial charge in [0.2, 0.25) is 0 Å². The molecule has 0 saturated heterocycles. The number of hydrogen-bond acceptors (Lipinski definition) is 4. The Bertz CT molecular complexity index is 532. The predicted molar refractivity (Wildman–Crippen MR) is 92.9 cm³/mol. The number of aryl methyl sites for hydroxylation is 2. The van der Waals surface area contributed by atoms with Crippen molar-refractivity contribution >= 4 is 6.03 Å². The molecule has 6 heteroatoms. The number of urea groups is 1. The minimum Gasteiger partial charge on any atom is -0.394 e. The fraction of sp³-hybridized carbons (Fsp3) is 0.778. The van der Waals surface area contributed by atoms with Gasteiger partial charge in [-0.15, -0.1) is 0 Å². The first-order valence-electron chi connectivity index (χ1n) is 8.97. The van der Waals surface area contributed by atoms with Crippen molar-refractivity contribution in [3.05, 3.63) is 17.0 Å². The highest BCUT2D eigenvalue weighted by atomic mass is 16.5. The number of nitrogens with zero attached hydrogens (tertiary/aromatic N) is 1. The van der Waals surface area contributed by atoms with Crippen LogP contribution in [-0.2, 0) is 6.42 Å². The molecular formula is C18H31N3O3. The molecule has 1 fully saturated rings. The van der Waals surface area contributed by atoms with Crippen LogP contribution in [0.4, 0.5) is 4.79 Å². The van der Waals surface area contributed by atoms with E-state index in [1.165, 1.54) is 19.3 Å². The zero-order valence-corrected chi connectivity index (χ0v) is 15.3. The first-order valence-corrected chi connectivity index (χ1v) is 8.97. The number of rotatable bonds is 6. The standard InChI is InChI=1S/C18H31N3O3/c1-12(10-16-13(2)21-24-14(16)3)19-17(23)20-18(4,11-22)15-8-6-5-7-9-15/h12,15,22H,5-11H2,1-4H3,(H2,19,20,23)/t12-,18+/m0/s1. The van der Waals surface area contributed by atoms with Crippen molar-refractivity contribution in [3.8, 4) is 0 Å². The fourth-order valence-electron chi connectivity index (χ4n) is 3.68. The van der Waals surface area contributed by atoms with Crippen molar-refractivity contribution in [2.75, 3.05) is 6.61 Å². The van der Waals surface area contributed by atoms with E-state index in [0.717, 1.165) is 29.9 Å². The Balaban J connectivity index is 1.90. The molecule has 0 aliphatic heterocycles. The van der Waals surface area contributed by atoms with Gasteiger partial charge in [-0.25, -0.2) is 4.79 Å². The van der Waals surface area contributed by atoms with Crippen molar-refractivity contribution in [2.24, 2.45) is 5.92 Å². The largest absolute Gasteiger partial charge is 0.394 e. The highest BCUT2D eigenvalue weighted by Crippen LogP contribution is 2.32. The molecule has 0 spiro atoms. The molecule has 24 heavy (non-hydrogen) atoms. The first-order chi connectivity index (χ1) is 11.4. The lowest BCUT2D eigenvalue weighted by atomic mass is 9.76. The third-order valence-electron chi connectivity index (χ3n) is 5.30. The van der Waals surface area contributed by atoms with Crippen LogP contribution in [0.5, 0.6) is 0 Å². The summed E-state index contributed by atoms with van der Waals surface area (Å²) >= 11 is 0. The summed E-state index contributed by atoms with van der Waals surface area (Å²) in [5.41, 5.74) is 1.34. The summed E-state index contributed by atoms with van der Waals surface area (Å²) < 4.78 is 5.17. The van der Waals surface area contributed by atoms with Gasteiger partial charge in [0, 0.05) is 11.6 Å². The Morgan fingerprint density at radius 3 is 2.58 bits per heavy atom. The van der Waals surface area contributed by atoms with E-state index < -0.39 is 5.54 Å². The van der Waals surface area contributed by atoms with Crippen LogP contribution in [0.2, 0.25) is 0 Å². The van der Waals surface area contributed by atoms with Crippen molar-refractivity contribution in [3.63, 3.8) is 0 Å². The summed E-state index contributed by atoms with van der Waals surface area (Å²) in [4.78, 5) is 12.4. The van der Waals surface area contributed by atoms with Gasteiger partial charge in [-0.1, -0.05) is 24.4 Å². The minimum absolute atomic E-state index is 0.0384. The van der Waals surface area contributed by atoms with E-state index in [1.54, 1.807) is 0 Å². The quantitative estimate of drug-likeness (QED) is 0.745. The number of hydrogen-bond donors (Lipinski definition) is 3. The second-order valence-corrected chi connectivity index (χ2v) is 7.42. The summed E-state index contributed by atoms with van der Waals surface area (Å²) in [7, 11) is 0. The number of nitrogens with one attached hydrogen (secondary N) is 2. The molecule has 2 amide bonds. The lowest BCUT2D eigenvalue weighted by Crippen LogP contribution is -2.58. The lowest BCUT2D eigenvalue weighted by molar-refractivity contribution is 0.101. The Labute approximate surface area is 144 Å². The topological polar surface area (TPSA) is 87.4 Å². The second kappa shape index (κ2) is 8.01. The molecule has 6 nitrogen and oxygen atoms in total. The van der Waals surface area contributed by atoms with Gasteiger partial charge in [0.15, 0.2) is 0 Å². The Morgan fingerprint density at radius 2 is 2.04 bits per heavy atom. The summed E-state index contributed by atoms with van der Waals surface area (Å²) in [5.74, 6) is 1.13. The monoisotopic (exact) mass is 337 g/mol. The highest BCUT2D eigenvalue weighted by Gasteiger charge is 2.36. The molecule has 0 bridgehead atoms. The van der Waals surface area contributed by atoms with Gasteiger partial charge in [-0.3, -0.25) is 0 Å². The number of aromatic nitrogens is 1. The maximum Gasteiger partial charge on any atom is 0.315 e. The SMILES string of the molecule is Cc1noc(C)c1C[C@H](C)NC(=O)N[C@](C)(CO)C1CCCCC1. The number of carbonyl (C=O) groups is 1. The summed E-state index contributed by atoms with van der Waals surface area (Å²) in [5, 5.41) is 19.8. The molecular weight excluding hydrogens is 306 g/mol. The van der Waals surface area contributed by atoms with Gasteiger partial charge in [-0.05, 0) is 52.9 Å². The third-order valence-corrected chi connectivity index (χ3v) is 5.30. The molecule has 1 aromatic heterocycles. The van der Waals surface area contributed by atoms with E-state index in [-0.39, 0.29) is 18.7 Å². The van der Waals surface area contributed by atoms with Crippen LogP contribution < -0.4 is 10.6 Å². The predicted octanol–water partition coefficient (Wildman–Crippen LogP) is 2.85. The zero-order chi connectivity index (χ0) is 17.7. The Morgan fingerprint density at radius 1 is 1.38 bits per heavy atom. The van der Waals surface area contributed by atoms with Crippen molar-refractivity contribution in [1.29, 1.82) is 0 Å². The number of carbonyl (C=O) groups excluding carboxylic acids is 1. The molecule has 136 valence electrons. The lowest BCUT2D eigenvalue weighted by Gasteiger charge is -2.39. The maximum atomic E-state index is 12.4. The van der Waals surface area contributed by atoms with Crippen molar-refractivity contribution < 1.29 is 14.4 Å². The van der Waals surface area contributed by atoms with Gasteiger partial charge in [0.05, 0.1) is 17.8 Å². The number of amides is 2. The van der Waals surface area contributed by atoms with E-state index in [2.05, 4.69) is 15.8 Å². The first kappa shape index (κ1) is 18.8. The van der Waals surface area contributed by atoms with Crippen LogP contribution in [0.15, 0.2) is 4.52 Å². The Kier molecular flexibility index (Phi) is 6.27. The molecule has 0 radical (unpaired) electrons. The van der Waals surface area contributed by atoms with Crippen LogP contribution in [-0.4, -0.2) is 34.5 Å². The third kappa shape index (κ3) is 4.50. The van der Waals surface area contributed by atoms with E-state index in [4.69, 9.17) is 4.52 Å². The number of aliphatic hydroxyl groups excluding tert-OH is 1. The smallest absolute Gasteiger partial charge is 0.315 e. The highest BCUT2D eigenvalue weighted by molar-refractivity contribution is 5.75. The fourth-order valence-corrected chi connectivity index (χ4v) is 3.68. The molecule has 0 unspecified atom stereocenters. The molecule has 1 aromatic rings. The minimum atomic E-state index is -0.562. The zero-order valence-electron chi connectivity index (χ0n) is 15.3. The average molecular weight is 337 g/mol. The van der Waals surface area contributed by atoms with E-state index >= 15 is 0 Å². The molecule has 1 heterocycles. The Hall–Kier alpha value is -1.56. The summed E-state index contributed by atoms with van der Waals surface area (Å²) in [6.07, 6.45) is 6.39. The van der Waals surface area contributed by atoms with Crippen molar-refractivity contribution in [2.45, 2.75) is 77.8 Å². The van der Waals surface area contributed by atoms with Crippen LogP contribution in [0.25, 0.3) is 0 Å². The average Bonchev–Trinajstić information content (AvgIpc) is 2.87. The van der Waals surface area contributed by atoms with Crippen molar-refractivity contribution in [1.82, 2.24) is 15.8 Å². The normalized spacial score (nSPS) is 19.5. The summed E-state index contributed by atoms with van der Waals surface area (Å²) in [6.45, 7) is 7.66. The molecule has 2 atom stereocenters. The van der Waals surface area contributed by atoms with Gasteiger partial charge in [0.25, 0.3) is 0 Å². The summed E-state index contributed by atoms with van der Waals surface area (Å²) in [6, 6.07) is -0.271.